The molecule has 0 spiro atoms. The Labute approximate surface area is 408 Å². The van der Waals surface area contributed by atoms with Crippen LogP contribution in [-0.2, 0) is 27.9 Å². The van der Waals surface area contributed by atoms with Crippen molar-refractivity contribution in [3.05, 3.63) is 72.9 Å². The van der Waals surface area contributed by atoms with Gasteiger partial charge >= 0.3 is 5.97 Å². The fraction of sp³-hybridized carbons (Fsp3) is 0.772. The van der Waals surface area contributed by atoms with Gasteiger partial charge in [0.1, 0.15) is 19.3 Å². The van der Waals surface area contributed by atoms with Gasteiger partial charge in [0.25, 0.3) is 7.82 Å². The molecule has 0 radical (unpaired) electrons. The summed E-state index contributed by atoms with van der Waals surface area (Å²) in [6.45, 7) is 5.28. The molecule has 384 valence electrons. The zero-order chi connectivity index (χ0) is 48.3. The van der Waals surface area contributed by atoms with E-state index in [-0.39, 0.29) is 25.8 Å². The van der Waals surface area contributed by atoms with E-state index in [9.17, 15) is 14.3 Å². The summed E-state index contributed by atoms with van der Waals surface area (Å²) in [6.07, 6.45) is 65.0. The second-order valence-corrected chi connectivity index (χ2v) is 20.6. The average Bonchev–Trinajstić information content (AvgIpc) is 3.28. The molecule has 0 saturated heterocycles. The number of carbonyl (C=O) groups excluding carboxylic acids is 1. The van der Waals surface area contributed by atoms with E-state index in [4.69, 9.17) is 18.5 Å². The lowest BCUT2D eigenvalue weighted by Crippen LogP contribution is -2.37. The van der Waals surface area contributed by atoms with Crippen LogP contribution in [0.5, 0.6) is 0 Å². The van der Waals surface area contributed by atoms with Crippen molar-refractivity contribution >= 4 is 13.8 Å². The second kappa shape index (κ2) is 49.4. The first-order chi connectivity index (χ1) is 32.1. The van der Waals surface area contributed by atoms with Crippen molar-refractivity contribution in [2.45, 2.75) is 232 Å². The highest BCUT2D eigenvalue weighted by Gasteiger charge is 2.20. The largest absolute Gasteiger partial charge is 0.756 e. The summed E-state index contributed by atoms with van der Waals surface area (Å²) in [7, 11) is 1.35. The standard InChI is InChI=1S/C57H104NO7P/c1-6-8-10-12-14-16-18-20-22-24-26-27-28-29-30-31-32-34-36-38-40-42-44-46-48-50-57(59)65-56(55-64-66(60,61)63-53-51-58(3,4)5)54-62-52-49-47-45-43-41-39-37-35-33-25-23-21-19-17-15-13-11-9-7-2/h8,10,14,16-17,19-20,22-23,25-27,56H,6-7,9,11-13,15,18,21,24,28-55H2,1-5H3/b10-8-,16-14-,19-17-,22-20-,25-23-,27-26-. The molecule has 0 N–H and O–H groups in total. The molecule has 0 heterocycles. The SMILES string of the molecule is CC/C=C\C/C=C\C/C=C\C/C=C\CCCCCCCCCCCCCCC(=O)OC(COCCCCCCCCCC/C=C\C/C=C\CCCCCC)COP(=O)([O-])OCC[N+](C)(C)C. The van der Waals surface area contributed by atoms with Gasteiger partial charge in [-0.05, 0) is 83.5 Å². The quantitative estimate of drug-likeness (QED) is 0.0197. The summed E-state index contributed by atoms with van der Waals surface area (Å²) in [4.78, 5) is 25.2. The van der Waals surface area contributed by atoms with Gasteiger partial charge in [0.05, 0.1) is 34.4 Å². The first kappa shape index (κ1) is 63.9. The summed E-state index contributed by atoms with van der Waals surface area (Å²) in [5.41, 5.74) is 0. The Hall–Kier alpha value is -2.06. The van der Waals surface area contributed by atoms with Crippen LogP contribution in [0, 0.1) is 0 Å². The molecule has 0 aliphatic rings. The van der Waals surface area contributed by atoms with E-state index < -0.39 is 13.9 Å². The molecule has 0 aromatic carbocycles. The third-order valence-electron chi connectivity index (χ3n) is 11.5. The number of nitrogens with zero attached hydrogens (tertiary/aromatic N) is 1. The molecule has 9 heteroatoms. The van der Waals surface area contributed by atoms with E-state index in [1.165, 1.54) is 141 Å². The van der Waals surface area contributed by atoms with Crippen molar-refractivity contribution in [2.75, 3.05) is 54.1 Å². The maximum absolute atomic E-state index is 12.8. The average molecular weight is 946 g/mol. The number of hydrogen-bond acceptors (Lipinski definition) is 7. The minimum atomic E-state index is -4.54. The van der Waals surface area contributed by atoms with Crippen LogP contribution in [0.25, 0.3) is 0 Å². The van der Waals surface area contributed by atoms with Crippen molar-refractivity contribution in [1.29, 1.82) is 0 Å². The van der Waals surface area contributed by atoms with E-state index in [1.54, 1.807) is 0 Å². The fourth-order valence-electron chi connectivity index (χ4n) is 7.33. The number of esters is 1. The number of hydrogen-bond donors (Lipinski definition) is 0. The Morgan fingerprint density at radius 3 is 1.32 bits per heavy atom. The van der Waals surface area contributed by atoms with Crippen LogP contribution in [0.3, 0.4) is 0 Å². The van der Waals surface area contributed by atoms with Gasteiger partial charge in [0.15, 0.2) is 0 Å². The van der Waals surface area contributed by atoms with Crippen LogP contribution < -0.4 is 4.89 Å². The Bertz CT molecular complexity index is 1280. The molecule has 2 unspecified atom stereocenters. The van der Waals surface area contributed by atoms with Crippen LogP contribution in [0.2, 0.25) is 0 Å². The molecule has 66 heavy (non-hydrogen) atoms. The zero-order valence-corrected chi connectivity index (χ0v) is 44.5. The molecular weight excluding hydrogens is 842 g/mol. The van der Waals surface area contributed by atoms with Crippen LogP contribution >= 0.6 is 7.82 Å². The monoisotopic (exact) mass is 946 g/mol. The normalized spacial score (nSPS) is 14.1. The lowest BCUT2D eigenvalue weighted by molar-refractivity contribution is -0.870. The zero-order valence-electron chi connectivity index (χ0n) is 43.6. The Balaban J connectivity index is 4.12. The van der Waals surface area contributed by atoms with E-state index in [2.05, 4.69) is 86.8 Å². The second-order valence-electron chi connectivity index (χ2n) is 19.2. The molecule has 8 nitrogen and oxygen atoms in total. The number of phosphoric acid groups is 1. The van der Waals surface area contributed by atoms with Gasteiger partial charge in [0.2, 0.25) is 0 Å². The van der Waals surface area contributed by atoms with Crippen LogP contribution in [0.4, 0.5) is 0 Å². The minimum Gasteiger partial charge on any atom is -0.756 e. The maximum Gasteiger partial charge on any atom is 0.306 e. The molecule has 0 aliphatic heterocycles. The number of carbonyl (C=O) groups is 1. The smallest absolute Gasteiger partial charge is 0.306 e. The number of allylic oxidation sites excluding steroid dienone is 12. The molecule has 0 fully saturated rings. The molecule has 0 aromatic rings. The minimum absolute atomic E-state index is 0.0220. The summed E-state index contributed by atoms with van der Waals surface area (Å²) < 4.78 is 34.8. The van der Waals surface area contributed by atoms with Gasteiger partial charge < -0.3 is 27.9 Å². The number of phosphoric ester groups is 1. The maximum atomic E-state index is 12.8. The van der Waals surface area contributed by atoms with Crippen LogP contribution in [0.1, 0.15) is 226 Å². The number of quaternary nitrogens is 1. The topological polar surface area (TPSA) is 94.1 Å². The Kier molecular flexibility index (Phi) is 47.8. The molecule has 0 rings (SSSR count). The third-order valence-corrected chi connectivity index (χ3v) is 12.5. The predicted octanol–water partition coefficient (Wildman–Crippen LogP) is 16.4. The van der Waals surface area contributed by atoms with Crippen molar-refractivity contribution in [3.8, 4) is 0 Å². The van der Waals surface area contributed by atoms with Gasteiger partial charge in [-0.1, -0.05) is 209 Å². The fourth-order valence-corrected chi connectivity index (χ4v) is 8.06. The summed E-state index contributed by atoms with van der Waals surface area (Å²) in [5, 5.41) is 0. The summed E-state index contributed by atoms with van der Waals surface area (Å²) in [5.74, 6) is -0.339. The molecule has 0 saturated carbocycles. The first-order valence-electron chi connectivity index (χ1n) is 27.2. The van der Waals surface area contributed by atoms with E-state index in [1.807, 2.05) is 21.1 Å². The van der Waals surface area contributed by atoms with Gasteiger partial charge in [-0.15, -0.1) is 0 Å². The summed E-state index contributed by atoms with van der Waals surface area (Å²) >= 11 is 0. The van der Waals surface area contributed by atoms with E-state index in [0.29, 0.717) is 24.1 Å². The van der Waals surface area contributed by atoms with Crippen molar-refractivity contribution in [1.82, 2.24) is 0 Å². The lowest BCUT2D eigenvalue weighted by atomic mass is 10.0. The number of likely N-dealkylation sites (N-methyl/N-ethyl adjacent to an activating group) is 1. The summed E-state index contributed by atoms with van der Waals surface area (Å²) in [6, 6.07) is 0. The molecule has 0 aliphatic carbocycles. The Morgan fingerprint density at radius 2 is 0.879 bits per heavy atom. The number of unbranched alkanes of at least 4 members (excludes halogenated alkanes) is 24. The first-order valence-corrected chi connectivity index (χ1v) is 28.6. The molecule has 2 atom stereocenters. The lowest BCUT2D eigenvalue weighted by Gasteiger charge is -2.28. The van der Waals surface area contributed by atoms with E-state index in [0.717, 1.165) is 64.2 Å². The van der Waals surface area contributed by atoms with Crippen molar-refractivity contribution in [3.63, 3.8) is 0 Å². The molecule has 0 aromatic heterocycles. The molecule has 0 bridgehead atoms. The Morgan fingerprint density at radius 1 is 0.485 bits per heavy atom. The highest BCUT2D eigenvalue weighted by molar-refractivity contribution is 7.45. The van der Waals surface area contributed by atoms with Gasteiger partial charge in [-0.3, -0.25) is 9.36 Å². The van der Waals surface area contributed by atoms with E-state index >= 15 is 0 Å². The van der Waals surface area contributed by atoms with Gasteiger partial charge in [-0.25, -0.2) is 0 Å². The third kappa shape index (κ3) is 52.9. The molecular formula is C57H104NO7P. The van der Waals surface area contributed by atoms with Gasteiger partial charge in [0, 0.05) is 13.0 Å². The van der Waals surface area contributed by atoms with Gasteiger partial charge in [-0.2, -0.15) is 0 Å². The molecule has 0 amide bonds. The number of ether oxygens (including phenoxy) is 2. The van der Waals surface area contributed by atoms with Crippen LogP contribution in [0.15, 0.2) is 72.9 Å². The number of rotatable bonds is 50. The van der Waals surface area contributed by atoms with Crippen molar-refractivity contribution in [2.24, 2.45) is 0 Å². The predicted molar refractivity (Wildman–Crippen MR) is 282 cm³/mol. The van der Waals surface area contributed by atoms with Crippen molar-refractivity contribution < 1.29 is 37.3 Å². The highest BCUT2D eigenvalue weighted by Crippen LogP contribution is 2.38. The van der Waals surface area contributed by atoms with Crippen LogP contribution in [-0.4, -0.2) is 70.7 Å². The highest BCUT2D eigenvalue weighted by atomic mass is 31.2.